The Hall–Kier alpha value is -1.82. The minimum absolute atomic E-state index is 0.0132. The lowest BCUT2D eigenvalue weighted by Gasteiger charge is -2.08. The topological polar surface area (TPSA) is 55.4 Å². The van der Waals surface area contributed by atoms with Gasteiger partial charge >= 0.3 is 5.97 Å². The van der Waals surface area contributed by atoms with Crippen LogP contribution in [0.15, 0.2) is 36.4 Å². The van der Waals surface area contributed by atoms with Crippen LogP contribution in [-0.2, 0) is 4.79 Å². The quantitative estimate of drug-likeness (QED) is 0.603. The Morgan fingerprint density at radius 1 is 1.08 bits per heavy atom. The number of nitrogens with one attached hydrogen (secondary N) is 1. The van der Waals surface area contributed by atoms with Crippen LogP contribution < -0.4 is 10.1 Å². The van der Waals surface area contributed by atoms with E-state index in [0.717, 1.165) is 12.1 Å². The SMILES string of the molecule is O=C(CCNC(=O)c1ccc(F)cc1Cl)Oc1cccc(Cl)c1Cl. The van der Waals surface area contributed by atoms with Crippen LogP contribution in [0.3, 0.4) is 0 Å². The van der Waals surface area contributed by atoms with Gasteiger partial charge in [0.1, 0.15) is 10.8 Å². The maximum Gasteiger partial charge on any atom is 0.313 e. The van der Waals surface area contributed by atoms with Crippen molar-refractivity contribution in [1.82, 2.24) is 5.32 Å². The monoisotopic (exact) mass is 389 g/mol. The fourth-order valence-corrected chi connectivity index (χ4v) is 2.37. The Labute approximate surface area is 152 Å². The van der Waals surface area contributed by atoms with Gasteiger partial charge in [0.15, 0.2) is 5.75 Å². The van der Waals surface area contributed by atoms with E-state index in [4.69, 9.17) is 39.5 Å². The first-order valence-electron chi connectivity index (χ1n) is 6.76. The molecular weight excluding hydrogens is 380 g/mol. The highest BCUT2D eigenvalue weighted by Crippen LogP contribution is 2.31. The maximum absolute atomic E-state index is 12.9. The maximum atomic E-state index is 12.9. The van der Waals surface area contributed by atoms with Crippen molar-refractivity contribution in [1.29, 1.82) is 0 Å². The van der Waals surface area contributed by atoms with E-state index in [1.54, 1.807) is 12.1 Å². The second-order valence-electron chi connectivity index (χ2n) is 4.66. The summed E-state index contributed by atoms with van der Waals surface area (Å²) in [5, 5.41) is 2.88. The van der Waals surface area contributed by atoms with Crippen molar-refractivity contribution in [3.63, 3.8) is 0 Å². The number of rotatable bonds is 5. The van der Waals surface area contributed by atoms with E-state index < -0.39 is 17.7 Å². The molecular formula is C16H11Cl3FNO3. The van der Waals surface area contributed by atoms with E-state index in [-0.39, 0.29) is 39.3 Å². The zero-order valence-electron chi connectivity index (χ0n) is 12.1. The molecule has 0 aliphatic rings. The fourth-order valence-electron chi connectivity index (χ4n) is 1.78. The largest absolute Gasteiger partial charge is 0.425 e. The van der Waals surface area contributed by atoms with E-state index in [2.05, 4.69) is 5.32 Å². The smallest absolute Gasteiger partial charge is 0.313 e. The van der Waals surface area contributed by atoms with Crippen LogP contribution in [0.25, 0.3) is 0 Å². The predicted molar refractivity (Wildman–Crippen MR) is 90.5 cm³/mol. The van der Waals surface area contributed by atoms with E-state index in [0.29, 0.717) is 0 Å². The molecule has 1 N–H and O–H groups in total. The van der Waals surface area contributed by atoms with Crippen LogP contribution in [0.4, 0.5) is 4.39 Å². The van der Waals surface area contributed by atoms with Gasteiger partial charge in [-0.1, -0.05) is 40.9 Å². The van der Waals surface area contributed by atoms with Crippen LogP contribution in [0.1, 0.15) is 16.8 Å². The average molecular weight is 391 g/mol. The van der Waals surface area contributed by atoms with E-state index in [9.17, 15) is 14.0 Å². The molecule has 0 saturated carbocycles. The first kappa shape index (κ1) is 18.5. The van der Waals surface area contributed by atoms with Gasteiger partial charge in [-0.3, -0.25) is 9.59 Å². The molecule has 0 bridgehead atoms. The third-order valence-corrected chi connectivity index (χ3v) is 4.04. The van der Waals surface area contributed by atoms with Crippen molar-refractivity contribution in [2.24, 2.45) is 0 Å². The summed E-state index contributed by atoms with van der Waals surface area (Å²) >= 11 is 17.5. The third kappa shape index (κ3) is 4.84. The normalized spacial score (nSPS) is 10.3. The molecule has 0 aliphatic heterocycles. The highest BCUT2D eigenvalue weighted by atomic mass is 35.5. The summed E-state index contributed by atoms with van der Waals surface area (Å²) in [5.74, 6) is -1.51. The number of amides is 1. The number of hydrogen-bond acceptors (Lipinski definition) is 3. The molecule has 2 rings (SSSR count). The van der Waals surface area contributed by atoms with Gasteiger partial charge < -0.3 is 10.1 Å². The lowest BCUT2D eigenvalue weighted by atomic mass is 10.2. The lowest BCUT2D eigenvalue weighted by Crippen LogP contribution is -2.27. The van der Waals surface area contributed by atoms with Crippen molar-refractivity contribution in [3.05, 3.63) is 62.8 Å². The van der Waals surface area contributed by atoms with Crippen molar-refractivity contribution < 1.29 is 18.7 Å². The minimum atomic E-state index is -0.593. The summed E-state index contributed by atoms with van der Waals surface area (Å²) in [6.45, 7) is 0.0174. The highest BCUT2D eigenvalue weighted by Gasteiger charge is 2.13. The highest BCUT2D eigenvalue weighted by molar-refractivity contribution is 6.43. The Kier molecular flexibility index (Phi) is 6.43. The van der Waals surface area contributed by atoms with Gasteiger partial charge in [0.25, 0.3) is 5.91 Å². The van der Waals surface area contributed by atoms with Gasteiger partial charge in [-0.15, -0.1) is 0 Å². The van der Waals surface area contributed by atoms with Crippen LogP contribution >= 0.6 is 34.8 Å². The minimum Gasteiger partial charge on any atom is -0.425 e. The second kappa shape index (κ2) is 8.33. The summed E-state index contributed by atoms with van der Waals surface area (Å²) in [7, 11) is 0. The molecule has 0 radical (unpaired) electrons. The molecule has 1 amide bonds. The Morgan fingerprint density at radius 2 is 1.83 bits per heavy atom. The Balaban J connectivity index is 1.86. The number of ether oxygens (including phenoxy) is 1. The summed E-state index contributed by atoms with van der Waals surface area (Å²) in [6.07, 6.45) is -0.0899. The van der Waals surface area contributed by atoms with E-state index in [1.807, 2.05) is 0 Å². The molecule has 8 heteroatoms. The molecule has 0 aliphatic carbocycles. The standard InChI is InChI=1S/C16H11Cl3FNO3/c17-11-2-1-3-13(15(11)19)24-14(22)6-7-21-16(23)10-5-4-9(20)8-12(10)18/h1-5,8H,6-7H2,(H,21,23). The van der Waals surface area contributed by atoms with Gasteiger partial charge in [-0.05, 0) is 30.3 Å². The van der Waals surface area contributed by atoms with Crippen LogP contribution in [0.2, 0.25) is 15.1 Å². The molecule has 0 saturated heterocycles. The van der Waals surface area contributed by atoms with Gasteiger partial charge in [-0.25, -0.2) is 4.39 Å². The molecule has 24 heavy (non-hydrogen) atoms. The van der Waals surface area contributed by atoms with E-state index in [1.165, 1.54) is 12.1 Å². The number of carbonyl (C=O) groups excluding carboxylic acids is 2. The lowest BCUT2D eigenvalue weighted by molar-refractivity contribution is -0.134. The molecule has 126 valence electrons. The van der Waals surface area contributed by atoms with Crippen LogP contribution in [-0.4, -0.2) is 18.4 Å². The molecule has 0 spiro atoms. The van der Waals surface area contributed by atoms with Crippen molar-refractivity contribution in [2.75, 3.05) is 6.54 Å². The second-order valence-corrected chi connectivity index (χ2v) is 5.85. The molecule has 0 aromatic heterocycles. The molecule has 2 aromatic rings. The number of carbonyl (C=O) groups is 2. The Bertz CT molecular complexity index is 783. The van der Waals surface area contributed by atoms with Gasteiger partial charge in [0.05, 0.1) is 22.0 Å². The van der Waals surface area contributed by atoms with Crippen molar-refractivity contribution in [2.45, 2.75) is 6.42 Å². The zero-order chi connectivity index (χ0) is 17.7. The van der Waals surface area contributed by atoms with Gasteiger partial charge in [-0.2, -0.15) is 0 Å². The number of hydrogen-bond donors (Lipinski definition) is 1. The summed E-state index contributed by atoms with van der Waals surface area (Å²) in [5.41, 5.74) is 0.115. The van der Waals surface area contributed by atoms with Gasteiger partial charge in [0.2, 0.25) is 0 Å². The van der Waals surface area contributed by atoms with Gasteiger partial charge in [0, 0.05) is 6.54 Å². The molecule has 0 atom stereocenters. The fraction of sp³-hybridized carbons (Fsp3) is 0.125. The summed E-state index contributed by atoms with van der Waals surface area (Å²) in [6, 6.07) is 8.07. The zero-order valence-corrected chi connectivity index (χ0v) is 14.4. The van der Waals surface area contributed by atoms with Crippen molar-refractivity contribution >= 4 is 46.7 Å². The average Bonchev–Trinajstić information content (AvgIpc) is 2.51. The van der Waals surface area contributed by atoms with Crippen LogP contribution in [0, 0.1) is 5.82 Å². The molecule has 4 nitrogen and oxygen atoms in total. The number of esters is 1. The predicted octanol–water partition coefficient (Wildman–Crippen LogP) is 4.51. The molecule has 2 aromatic carbocycles. The van der Waals surface area contributed by atoms with E-state index >= 15 is 0 Å². The number of halogens is 4. The summed E-state index contributed by atoms with van der Waals surface area (Å²) < 4.78 is 18.0. The summed E-state index contributed by atoms with van der Waals surface area (Å²) in [4.78, 5) is 23.7. The molecule has 0 fully saturated rings. The Morgan fingerprint density at radius 3 is 2.54 bits per heavy atom. The molecule has 0 heterocycles. The first-order chi connectivity index (χ1) is 11.4. The van der Waals surface area contributed by atoms with Crippen molar-refractivity contribution in [3.8, 4) is 5.75 Å². The molecule has 0 unspecified atom stereocenters. The first-order valence-corrected chi connectivity index (χ1v) is 7.90. The number of benzene rings is 2. The van der Waals surface area contributed by atoms with Crippen LogP contribution in [0.5, 0.6) is 5.75 Å². The third-order valence-electron chi connectivity index (χ3n) is 2.93.